The Kier molecular flexibility index (Phi) is 10.0. The maximum atomic E-state index is 14.5. The van der Waals surface area contributed by atoms with Crippen LogP contribution in [-0.2, 0) is 25.7 Å². The highest BCUT2D eigenvalue weighted by Crippen LogP contribution is 2.77. The van der Waals surface area contributed by atoms with Crippen molar-refractivity contribution < 1.29 is 24.2 Å². The van der Waals surface area contributed by atoms with E-state index in [0.717, 1.165) is 68.4 Å². The Bertz CT molecular complexity index is 1580. The zero-order valence-electron chi connectivity index (χ0n) is 32.8. The van der Waals surface area contributed by atoms with Crippen LogP contribution >= 0.6 is 11.6 Å². The third-order valence-electron chi connectivity index (χ3n) is 16.1. The predicted molar refractivity (Wildman–Crippen MR) is 203 cm³/mol. The molecule has 6 nitrogen and oxygen atoms in total. The van der Waals surface area contributed by atoms with Crippen LogP contribution in [0, 0.1) is 56.2 Å². The van der Waals surface area contributed by atoms with E-state index >= 15 is 0 Å². The molecule has 4 saturated carbocycles. The maximum absolute atomic E-state index is 14.5. The summed E-state index contributed by atoms with van der Waals surface area (Å²) < 4.78 is 6.18. The average molecular weight is 722 g/mol. The summed E-state index contributed by atoms with van der Waals surface area (Å²) in [5.41, 5.74) is 2.91. The lowest BCUT2D eigenvalue weighted by Gasteiger charge is -2.72. The van der Waals surface area contributed by atoms with E-state index in [1.54, 1.807) is 19.4 Å². The molecule has 1 aromatic rings. The van der Waals surface area contributed by atoms with Gasteiger partial charge >= 0.3 is 11.9 Å². The monoisotopic (exact) mass is 721 g/mol. The maximum Gasteiger partial charge on any atom is 0.309 e. The fraction of sp³-hybridized carbons (Fsp3) is 0.750. The Morgan fingerprint density at radius 3 is 2.24 bits per heavy atom. The Morgan fingerprint density at radius 2 is 1.59 bits per heavy atom. The van der Waals surface area contributed by atoms with Crippen molar-refractivity contribution in [3.05, 3.63) is 46.0 Å². The first kappa shape index (κ1) is 38.5. The molecule has 0 spiro atoms. The van der Waals surface area contributed by atoms with Gasteiger partial charge in [-0.15, -0.1) is 0 Å². The number of carboxylic acids is 1. The molecule has 0 unspecified atom stereocenters. The van der Waals surface area contributed by atoms with Crippen LogP contribution in [-0.4, -0.2) is 35.5 Å². The summed E-state index contributed by atoms with van der Waals surface area (Å²) in [6.45, 7) is 21.3. The fourth-order valence-corrected chi connectivity index (χ4v) is 13.1. The van der Waals surface area contributed by atoms with E-state index in [0.29, 0.717) is 42.5 Å². The minimum Gasteiger partial charge on any atom is -0.481 e. The SMILES string of the molecule is CC(C)C1=C2[C@H]3CC[C@@H]4[C@@]5(C)CC[C@H](OC(=O)CC(C)(C)C(=O)O)C(C)(C)[C@@H]5CC[C@@]4(C)[C@]3(C)CC[C@@]2(C(=O)CNCc2ccc(Cl)cc2)CC1. The molecule has 8 atom stereocenters. The first-order chi connectivity index (χ1) is 23.7. The van der Waals surface area contributed by atoms with Crippen molar-refractivity contribution in [2.45, 2.75) is 146 Å². The first-order valence-corrected chi connectivity index (χ1v) is 20.3. The molecule has 5 aliphatic carbocycles. The van der Waals surface area contributed by atoms with Gasteiger partial charge in [0.15, 0.2) is 5.78 Å². The second-order valence-electron chi connectivity index (χ2n) is 19.6. The standard InChI is InChI=1S/C44H64ClNO5/c1-27(2)30-16-21-44(34(47)26-46-25-28-10-12-29(45)13-11-28)23-22-42(8)31(37(30)44)14-15-33-41(7)19-18-35(51-36(48)24-39(3,4)38(49)50)40(5,6)32(41)17-20-43(33,42)9/h10-13,27,31-33,35,46H,14-26H2,1-9H3,(H,49,50)/t31-,32+,33-,35+,41+,42-,43-,44-/m1/s1. The van der Waals surface area contributed by atoms with E-state index in [9.17, 15) is 19.5 Å². The van der Waals surface area contributed by atoms with Gasteiger partial charge in [-0.1, -0.05) is 83.3 Å². The average Bonchev–Trinajstić information content (AvgIpc) is 3.45. The number of carbonyl (C=O) groups excluding carboxylic acids is 2. The second-order valence-corrected chi connectivity index (χ2v) is 20.1. The number of esters is 1. The summed E-state index contributed by atoms with van der Waals surface area (Å²) in [5, 5.41) is 13.8. The lowest BCUT2D eigenvalue weighted by Crippen LogP contribution is -2.66. The molecule has 5 aliphatic rings. The van der Waals surface area contributed by atoms with Gasteiger partial charge in [-0.25, -0.2) is 0 Å². The van der Waals surface area contributed by atoms with Gasteiger partial charge in [-0.2, -0.15) is 0 Å². The summed E-state index contributed by atoms with van der Waals surface area (Å²) in [6.07, 6.45) is 10.1. The summed E-state index contributed by atoms with van der Waals surface area (Å²) >= 11 is 6.11. The Balaban J connectivity index is 1.24. The molecule has 0 saturated heterocycles. The van der Waals surface area contributed by atoms with Crippen molar-refractivity contribution in [1.29, 1.82) is 0 Å². The van der Waals surface area contributed by atoms with Gasteiger partial charge in [0.2, 0.25) is 0 Å². The lowest BCUT2D eigenvalue weighted by molar-refractivity contribution is -0.233. The van der Waals surface area contributed by atoms with E-state index in [2.05, 4.69) is 53.8 Å². The molecule has 0 heterocycles. The predicted octanol–water partition coefficient (Wildman–Crippen LogP) is 10.2. The van der Waals surface area contributed by atoms with E-state index in [1.165, 1.54) is 12.0 Å². The number of nitrogens with one attached hydrogen (secondary N) is 1. The smallest absolute Gasteiger partial charge is 0.309 e. The number of fused-ring (bicyclic) bond motifs is 7. The highest BCUT2D eigenvalue weighted by atomic mass is 35.5. The molecule has 0 amide bonds. The number of carboxylic acid groups (broad SMARTS) is 1. The molecular formula is C44H64ClNO5. The quantitative estimate of drug-likeness (QED) is 0.185. The van der Waals surface area contributed by atoms with Crippen LogP contribution in [0.15, 0.2) is 35.4 Å². The highest BCUT2D eigenvalue weighted by Gasteiger charge is 2.70. The van der Waals surface area contributed by atoms with Gasteiger partial charge in [0.25, 0.3) is 0 Å². The van der Waals surface area contributed by atoms with E-state index in [-0.39, 0.29) is 39.6 Å². The van der Waals surface area contributed by atoms with Crippen LogP contribution < -0.4 is 5.32 Å². The summed E-state index contributed by atoms with van der Waals surface area (Å²) in [7, 11) is 0. The van der Waals surface area contributed by atoms with Crippen LogP contribution in [0.2, 0.25) is 5.02 Å². The molecule has 4 fully saturated rings. The molecule has 2 N–H and O–H groups in total. The first-order valence-electron chi connectivity index (χ1n) is 19.9. The van der Waals surface area contributed by atoms with Crippen molar-refractivity contribution in [3.63, 3.8) is 0 Å². The Morgan fingerprint density at radius 1 is 0.902 bits per heavy atom. The number of halogens is 1. The van der Waals surface area contributed by atoms with Crippen molar-refractivity contribution >= 4 is 29.3 Å². The molecule has 0 radical (unpaired) electrons. The third-order valence-corrected chi connectivity index (χ3v) is 16.4. The Labute approximate surface area is 312 Å². The highest BCUT2D eigenvalue weighted by molar-refractivity contribution is 6.30. The fourth-order valence-electron chi connectivity index (χ4n) is 13.0. The van der Waals surface area contributed by atoms with Crippen molar-refractivity contribution in [2.24, 2.45) is 56.2 Å². The minimum absolute atomic E-state index is 0.111. The number of Topliss-reactive ketones (excluding diaryl/α,β-unsaturated/α-hetero) is 1. The Hall–Kier alpha value is -2.18. The zero-order chi connectivity index (χ0) is 37.4. The largest absolute Gasteiger partial charge is 0.481 e. The molecular weight excluding hydrogens is 658 g/mol. The summed E-state index contributed by atoms with van der Waals surface area (Å²) in [4.78, 5) is 39.3. The van der Waals surface area contributed by atoms with E-state index in [4.69, 9.17) is 16.3 Å². The van der Waals surface area contributed by atoms with Crippen LogP contribution in [0.3, 0.4) is 0 Å². The summed E-state index contributed by atoms with van der Waals surface area (Å²) in [6, 6.07) is 7.87. The molecule has 0 aliphatic heterocycles. The van der Waals surface area contributed by atoms with E-state index < -0.39 is 17.4 Å². The second kappa shape index (κ2) is 13.3. The molecule has 7 heteroatoms. The molecule has 6 rings (SSSR count). The molecule has 0 bridgehead atoms. The van der Waals surface area contributed by atoms with Crippen LogP contribution in [0.4, 0.5) is 0 Å². The third kappa shape index (κ3) is 6.15. The van der Waals surface area contributed by atoms with Crippen molar-refractivity contribution in [3.8, 4) is 0 Å². The van der Waals surface area contributed by atoms with Crippen LogP contribution in [0.25, 0.3) is 0 Å². The summed E-state index contributed by atoms with van der Waals surface area (Å²) in [5.74, 6) is 0.844. The molecule has 0 aromatic heterocycles. The number of ether oxygens (including phenoxy) is 1. The van der Waals surface area contributed by atoms with Gasteiger partial charge in [0, 0.05) is 17.0 Å². The van der Waals surface area contributed by atoms with Crippen LogP contribution in [0.1, 0.15) is 139 Å². The molecule has 282 valence electrons. The van der Waals surface area contributed by atoms with Gasteiger partial charge in [-0.3, -0.25) is 14.4 Å². The minimum atomic E-state index is -1.15. The number of rotatable bonds is 10. The number of carbonyl (C=O) groups is 3. The number of hydrogen-bond acceptors (Lipinski definition) is 5. The number of ketones is 1. The molecule has 51 heavy (non-hydrogen) atoms. The van der Waals surface area contributed by atoms with Gasteiger partial charge < -0.3 is 15.2 Å². The topological polar surface area (TPSA) is 92.7 Å². The van der Waals surface area contributed by atoms with E-state index in [1.807, 2.05) is 24.3 Å². The number of benzene rings is 1. The molecule has 1 aromatic carbocycles. The zero-order valence-corrected chi connectivity index (χ0v) is 33.6. The van der Waals surface area contributed by atoms with Crippen molar-refractivity contribution in [2.75, 3.05) is 6.54 Å². The number of hydrogen-bond donors (Lipinski definition) is 2. The lowest BCUT2D eigenvalue weighted by atomic mass is 9.33. The van der Waals surface area contributed by atoms with Crippen molar-refractivity contribution in [1.82, 2.24) is 5.32 Å². The number of aliphatic carboxylic acids is 1. The van der Waals surface area contributed by atoms with Gasteiger partial charge in [0.05, 0.1) is 23.8 Å². The normalized spacial score (nSPS) is 37.2. The van der Waals surface area contributed by atoms with Crippen LogP contribution in [0.5, 0.6) is 0 Å². The number of allylic oxidation sites excluding steroid dienone is 2. The van der Waals surface area contributed by atoms with Gasteiger partial charge in [-0.05, 0) is 136 Å². The van der Waals surface area contributed by atoms with Gasteiger partial charge in [0.1, 0.15) is 6.10 Å².